The van der Waals surface area contributed by atoms with Gasteiger partial charge in [-0.25, -0.2) is 0 Å². The van der Waals surface area contributed by atoms with Crippen LogP contribution in [0.1, 0.15) is 38.1 Å². The van der Waals surface area contributed by atoms with Crippen LogP contribution in [0.3, 0.4) is 0 Å². The molecule has 1 aliphatic rings. The van der Waals surface area contributed by atoms with Crippen molar-refractivity contribution in [2.45, 2.75) is 32.2 Å². The average Bonchev–Trinajstić information content (AvgIpc) is 3.03. The zero-order valence-corrected chi connectivity index (χ0v) is 10.4. The molecular weight excluding hydrogens is 228 g/mol. The van der Waals surface area contributed by atoms with Gasteiger partial charge in [-0.05, 0) is 25.0 Å². The van der Waals surface area contributed by atoms with Crippen LogP contribution in [-0.4, -0.2) is 31.9 Å². The number of carbonyl (C=O) groups is 1. The summed E-state index contributed by atoms with van der Waals surface area (Å²) in [5.74, 6) is 1.08. The molecule has 0 aromatic carbocycles. The highest BCUT2D eigenvalue weighted by Crippen LogP contribution is 2.31. The van der Waals surface area contributed by atoms with Crippen LogP contribution in [0, 0.1) is 0 Å². The standard InChI is InChI=1S/C13H16N4O/c1-2-12(18)16-9-5-6-10(16)13-15-14-11-7-3-4-8-17(11)13/h3-4,7-8,10H,2,5-6,9H2,1H3. The molecule has 5 nitrogen and oxygen atoms in total. The Kier molecular flexibility index (Phi) is 2.74. The fraction of sp³-hybridized carbons (Fsp3) is 0.462. The third kappa shape index (κ3) is 1.66. The monoisotopic (exact) mass is 244 g/mol. The predicted molar refractivity (Wildman–Crippen MR) is 67.0 cm³/mol. The fourth-order valence-electron chi connectivity index (χ4n) is 2.62. The molecule has 94 valence electrons. The zero-order valence-electron chi connectivity index (χ0n) is 10.4. The van der Waals surface area contributed by atoms with E-state index in [2.05, 4.69) is 10.2 Å². The van der Waals surface area contributed by atoms with Crippen LogP contribution in [0.2, 0.25) is 0 Å². The van der Waals surface area contributed by atoms with Crippen LogP contribution in [-0.2, 0) is 4.79 Å². The van der Waals surface area contributed by atoms with Crippen molar-refractivity contribution in [1.82, 2.24) is 19.5 Å². The van der Waals surface area contributed by atoms with Gasteiger partial charge in [0.25, 0.3) is 0 Å². The molecule has 1 saturated heterocycles. The molecule has 0 aliphatic carbocycles. The number of hydrogen-bond donors (Lipinski definition) is 0. The van der Waals surface area contributed by atoms with E-state index < -0.39 is 0 Å². The molecule has 1 amide bonds. The van der Waals surface area contributed by atoms with Gasteiger partial charge in [0.1, 0.15) is 0 Å². The first-order chi connectivity index (χ1) is 8.81. The Hall–Kier alpha value is -1.91. The van der Waals surface area contributed by atoms with E-state index in [9.17, 15) is 4.79 Å². The lowest BCUT2D eigenvalue weighted by molar-refractivity contribution is -0.131. The highest BCUT2D eigenvalue weighted by atomic mass is 16.2. The molecular formula is C13H16N4O. The molecule has 0 bridgehead atoms. The summed E-state index contributed by atoms with van der Waals surface area (Å²) in [6.45, 7) is 2.73. The smallest absolute Gasteiger partial charge is 0.222 e. The van der Waals surface area contributed by atoms with E-state index in [0.29, 0.717) is 6.42 Å². The molecule has 0 spiro atoms. The predicted octanol–water partition coefficient (Wildman–Crippen LogP) is 1.80. The third-order valence-electron chi connectivity index (χ3n) is 3.51. The Bertz CT molecular complexity index is 577. The summed E-state index contributed by atoms with van der Waals surface area (Å²) in [7, 11) is 0. The lowest BCUT2D eigenvalue weighted by Crippen LogP contribution is -2.30. The number of likely N-dealkylation sites (tertiary alicyclic amines) is 1. The minimum atomic E-state index is 0.0786. The van der Waals surface area contributed by atoms with Crippen molar-refractivity contribution < 1.29 is 4.79 Å². The third-order valence-corrected chi connectivity index (χ3v) is 3.51. The SMILES string of the molecule is CCC(=O)N1CCCC1c1nnc2ccccn12. The molecule has 0 N–H and O–H groups in total. The average molecular weight is 244 g/mol. The maximum Gasteiger partial charge on any atom is 0.222 e. The molecule has 0 saturated carbocycles. The second-order valence-electron chi connectivity index (χ2n) is 4.59. The van der Waals surface area contributed by atoms with Gasteiger partial charge in [0.2, 0.25) is 5.91 Å². The Morgan fingerprint density at radius 3 is 3.17 bits per heavy atom. The second-order valence-corrected chi connectivity index (χ2v) is 4.59. The van der Waals surface area contributed by atoms with Crippen molar-refractivity contribution in [2.24, 2.45) is 0 Å². The molecule has 1 atom stereocenters. The second kappa shape index (κ2) is 4.40. The van der Waals surface area contributed by atoms with Gasteiger partial charge >= 0.3 is 0 Å². The van der Waals surface area contributed by atoms with Crippen molar-refractivity contribution in [1.29, 1.82) is 0 Å². The van der Waals surface area contributed by atoms with Gasteiger partial charge < -0.3 is 4.90 Å². The number of fused-ring (bicyclic) bond motifs is 1. The van der Waals surface area contributed by atoms with Crippen LogP contribution in [0.15, 0.2) is 24.4 Å². The first-order valence-electron chi connectivity index (χ1n) is 6.40. The van der Waals surface area contributed by atoms with Crippen molar-refractivity contribution in [3.8, 4) is 0 Å². The number of nitrogens with zero attached hydrogens (tertiary/aromatic N) is 4. The van der Waals surface area contributed by atoms with Crippen LogP contribution in [0.4, 0.5) is 0 Å². The van der Waals surface area contributed by atoms with Gasteiger partial charge in [-0.2, -0.15) is 0 Å². The van der Waals surface area contributed by atoms with Crippen molar-refractivity contribution in [3.63, 3.8) is 0 Å². The van der Waals surface area contributed by atoms with Crippen LogP contribution in [0.5, 0.6) is 0 Å². The van der Waals surface area contributed by atoms with Crippen LogP contribution in [0.25, 0.3) is 5.65 Å². The Labute approximate surface area is 105 Å². The molecule has 3 heterocycles. The summed E-state index contributed by atoms with van der Waals surface area (Å²) < 4.78 is 1.98. The van der Waals surface area contributed by atoms with E-state index in [4.69, 9.17) is 0 Å². The van der Waals surface area contributed by atoms with Gasteiger partial charge in [-0.15, -0.1) is 10.2 Å². The van der Waals surface area contributed by atoms with Crippen molar-refractivity contribution >= 4 is 11.6 Å². The van der Waals surface area contributed by atoms with Gasteiger partial charge in [0, 0.05) is 19.2 Å². The van der Waals surface area contributed by atoms with E-state index in [1.54, 1.807) is 0 Å². The van der Waals surface area contributed by atoms with Gasteiger partial charge in [0.05, 0.1) is 6.04 Å². The number of hydrogen-bond acceptors (Lipinski definition) is 3. The van der Waals surface area contributed by atoms with Crippen LogP contribution < -0.4 is 0 Å². The van der Waals surface area contributed by atoms with Gasteiger partial charge in [-0.3, -0.25) is 9.20 Å². The summed E-state index contributed by atoms with van der Waals surface area (Å²) in [5.41, 5.74) is 0.836. The Morgan fingerprint density at radius 1 is 1.44 bits per heavy atom. The number of amides is 1. The Balaban J connectivity index is 2.01. The summed E-state index contributed by atoms with van der Waals surface area (Å²) in [6, 6.07) is 5.91. The van der Waals surface area contributed by atoms with E-state index in [-0.39, 0.29) is 11.9 Å². The minimum Gasteiger partial charge on any atom is -0.332 e. The first kappa shape index (κ1) is 11.2. The number of pyridine rings is 1. The van der Waals surface area contributed by atoms with E-state index >= 15 is 0 Å². The molecule has 2 aromatic rings. The summed E-state index contributed by atoms with van der Waals surface area (Å²) in [6.07, 6.45) is 4.52. The molecule has 1 aliphatic heterocycles. The summed E-state index contributed by atoms with van der Waals surface area (Å²) in [5, 5.41) is 8.42. The molecule has 2 aromatic heterocycles. The van der Waals surface area contributed by atoms with Crippen molar-refractivity contribution in [2.75, 3.05) is 6.54 Å². The molecule has 0 radical (unpaired) electrons. The molecule has 3 rings (SSSR count). The fourth-order valence-corrected chi connectivity index (χ4v) is 2.62. The molecule has 1 unspecified atom stereocenters. The number of carbonyl (C=O) groups excluding carboxylic acids is 1. The first-order valence-corrected chi connectivity index (χ1v) is 6.40. The van der Waals surface area contributed by atoms with E-state index in [0.717, 1.165) is 30.9 Å². The lowest BCUT2D eigenvalue weighted by atomic mass is 10.2. The van der Waals surface area contributed by atoms with E-state index in [1.807, 2.05) is 40.6 Å². The summed E-state index contributed by atoms with van der Waals surface area (Å²) >= 11 is 0. The molecule has 5 heteroatoms. The lowest BCUT2D eigenvalue weighted by Gasteiger charge is -2.22. The minimum absolute atomic E-state index is 0.0786. The van der Waals surface area contributed by atoms with Crippen LogP contribution >= 0.6 is 0 Å². The molecule has 1 fully saturated rings. The normalized spacial score (nSPS) is 19.6. The van der Waals surface area contributed by atoms with Gasteiger partial charge in [0.15, 0.2) is 11.5 Å². The maximum absolute atomic E-state index is 11.9. The maximum atomic E-state index is 11.9. The van der Waals surface area contributed by atoms with Crippen molar-refractivity contribution in [3.05, 3.63) is 30.2 Å². The summed E-state index contributed by atoms with van der Waals surface area (Å²) in [4.78, 5) is 13.9. The Morgan fingerprint density at radius 2 is 2.33 bits per heavy atom. The highest BCUT2D eigenvalue weighted by Gasteiger charge is 2.32. The van der Waals surface area contributed by atoms with E-state index in [1.165, 1.54) is 0 Å². The number of rotatable bonds is 2. The topological polar surface area (TPSA) is 50.5 Å². The highest BCUT2D eigenvalue weighted by molar-refractivity contribution is 5.76. The largest absolute Gasteiger partial charge is 0.332 e. The quantitative estimate of drug-likeness (QED) is 0.809. The zero-order chi connectivity index (χ0) is 12.5. The molecule has 18 heavy (non-hydrogen) atoms. The number of aromatic nitrogens is 3. The van der Waals surface area contributed by atoms with Gasteiger partial charge in [-0.1, -0.05) is 13.0 Å².